The Morgan fingerprint density at radius 1 is 1.30 bits per heavy atom. The Balaban J connectivity index is 1.46. The minimum Gasteiger partial charge on any atom is -0.334 e. The molecule has 2 aromatic heterocycles. The highest BCUT2D eigenvalue weighted by atomic mass is 19.1. The fourth-order valence-corrected chi connectivity index (χ4v) is 3.55. The number of hydrogen-bond acceptors (Lipinski definition) is 3. The second-order valence-corrected chi connectivity index (χ2v) is 6.73. The molecule has 1 atom stereocenters. The average molecular weight is 369 g/mol. The van der Waals surface area contributed by atoms with Crippen molar-refractivity contribution in [1.29, 1.82) is 0 Å². The molecule has 3 heterocycles. The van der Waals surface area contributed by atoms with E-state index in [-0.39, 0.29) is 23.6 Å². The molecular weight excluding hydrogens is 349 g/mol. The maximum atomic E-state index is 13.0. The van der Waals surface area contributed by atoms with Crippen LogP contribution in [0.2, 0.25) is 0 Å². The molecule has 7 nitrogen and oxygen atoms in total. The Bertz CT molecular complexity index is 1040. The molecule has 3 aromatic rings. The summed E-state index contributed by atoms with van der Waals surface area (Å²) in [4.78, 5) is 31.1. The highest BCUT2D eigenvalue weighted by Crippen LogP contribution is 2.23. The first kappa shape index (κ1) is 17.3. The topological polar surface area (TPSA) is 72.2 Å². The summed E-state index contributed by atoms with van der Waals surface area (Å²) in [7, 11) is 1.73. The van der Waals surface area contributed by atoms with E-state index < -0.39 is 0 Å². The minimum absolute atomic E-state index is 0.104. The molecule has 0 spiro atoms. The molecule has 0 aliphatic carbocycles. The first-order valence-corrected chi connectivity index (χ1v) is 8.84. The van der Waals surface area contributed by atoms with Gasteiger partial charge in [-0.25, -0.2) is 19.0 Å². The van der Waals surface area contributed by atoms with Crippen LogP contribution in [0.4, 0.5) is 9.18 Å². The summed E-state index contributed by atoms with van der Waals surface area (Å²) in [6.45, 7) is 1.34. The smallest absolute Gasteiger partial charge is 0.330 e. The highest BCUT2D eigenvalue weighted by molar-refractivity contribution is 5.75. The minimum atomic E-state index is -0.304. The van der Waals surface area contributed by atoms with Gasteiger partial charge < -0.3 is 10.2 Å². The first-order chi connectivity index (χ1) is 13.0. The Morgan fingerprint density at radius 2 is 2.07 bits per heavy atom. The van der Waals surface area contributed by atoms with E-state index in [9.17, 15) is 14.0 Å². The van der Waals surface area contributed by atoms with Gasteiger partial charge in [-0.05, 0) is 36.2 Å². The fourth-order valence-electron chi connectivity index (χ4n) is 3.55. The second-order valence-electron chi connectivity index (χ2n) is 6.73. The van der Waals surface area contributed by atoms with Crippen LogP contribution in [0.1, 0.15) is 18.0 Å². The third kappa shape index (κ3) is 3.18. The van der Waals surface area contributed by atoms with Crippen LogP contribution in [0.25, 0.3) is 11.2 Å². The van der Waals surface area contributed by atoms with Crippen molar-refractivity contribution in [3.05, 3.63) is 64.5 Å². The lowest BCUT2D eigenvalue weighted by Crippen LogP contribution is -2.38. The van der Waals surface area contributed by atoms with Gasteiger partial charge in [-0.1, -0.05) is 12.1 Å². The van der Waals surface area contributed by atoms with Crippen LogP contribution in [0.5, 0.6) is 0 Å². The van der Waals surface area contributed by atoms with Crippen LogP contribution in [0.15, 0.2) is 47.4 Å². The maximum Gasteiger partial charge on any atom is 0.330 e. The summed E-state index contributed by atoms with van der Waals surface area (Å²) in [5.74, 6) is -0.304. The molecule has 4 rings (SSSR count). The summed E-state index contributed by atoms with van der Waals surface area (Å²) in [6.07, 6.45) is 2.36. The van der Waals surface area contributed by atoms with Crippen molar-refractivity contribution in [3.63, 3.8) is 0 Å². The highest BCUT2D eigenvalue weighted by Gasteiger charge is 2.30. The van der Waals surface area contributed by atoms with E-state index in [0.29, 0.717) is 31.7 Å². The second kappa shape index (κ2) is 6.86. The van der Waals surface area contributed by atoms with Crippen molar-refractivity contribution in [2.24, 2.45) is 7.05 Å². The van der Waals surface area contributed by atoms with Gasteiger partial charge >= 0.3 is 11.7 Å². The van der Waals surface area contributed by atoms with Crippen molar-refractivity contribution in [2.45, 2.75) is 19.0 Å². The van der Waals surface area contributed by atoms with Crippen LogP contribution in [-0.4, -0.2) is 38.1 Å². The van der Waals surface area contributed by atoms with Crippen LogP contribution in [0.3, 0.4) is 0 Å². The number of carbonyl (C=O) groups is 1. The normalized spacial score (nSPS) is 16.8. The average Bonchev–Trinajstić information content (AvgIpc) is 3.25. The number of fused-ring (bicyclic) bond motifs is 1. The number of likely N-dealkylation sites (tertiary alicyclic amines) is 1. The van der Waals surface area contributed by atoms with Gasteiger partial charge in [0, 0.05) is 32.9 Å². The number of aryl methyl sites for hydroxylation is 1. The Hall–Kier alpha value is -3.16. The van der Waals surface area contributed by atoms with E-state index in [4.69, 9.17) is 0 Å². The summed E-state index contributed by atoms with van der Waals surface area (Å²) in [5.41, 5.74) is 2.13. The van der Waals surface area contributed by atoms with Crippen LogP contribution >= 0.6 is 0 Å². The fraction of sp³-hybridized carbons (Fsp3) is 0.316. The first-order valence-electron chi connectivity index (χ1n) is 8.84. The molecule has 2 amide bonds. The summed E-state index contributed by atoms with van der Waals surface area (Å²) in [6, 6.07) is 9.39. The molecule has 1 aliphatic rings. The molecule has 1 aromatic carbocycles. The van der Waals surface area contributed by atoms with Gasteiger partial charge in [0.2, 0.25) is 0 Å². The summed E-state index contributed by atoms with van der Waals surface area (Å²) >= 11 is 0. The van der Waals surface area contributed by atoms with Crippen LogP contribution < -0.4 is 11.0 Å². The number of nitrogens with one attached hydrogen (secondary N) is 1. The molecule has 1 N–H and O–H groups in total. The molecule has 0 unspecified atom stereocenters. The Labute approximate surface area is 155 Å². The van der Waals surface area contributed by atoms with Crippen molar-refractivity contribution in [2.75, 3.05) is 13.1 Å². The van der Waals surface area contributed by atoms with Gasteiger partial charge in [-0.2, -0.15) is 0 Å². The molecule has 0 radical (unpaired) electrons. The van der Waals surface area contributed by atoms with E-state index in [1.54, 1.807) is 45.5 Å². The van der Waals surface area contributed by atoms with E-state index in [2.05, 4.69) is 10.3 Å². The van der Waals surface area contributed by atoms with E-state index >= 15 is 0 Å². The number of benzene rings is 1. The van der Waals surface area contributed by atoms with Crippen molar-refractivity contribution in [3.8, 4) is 0 Å². The maximum absolute atomic E-state index is 13.0. The third-order valence-corrected chi connectivity index (χ3v) is 5.02. The zero-order chi connectivity index (χ0) is 19.0. The van der Waals surface area contributed by atoms with Crippen LogP contribution in [0, 0.1) is 5.82 Å². The number of amides is 2. The number of halogens is 1. The number of carbonyl (C=O) groups excluding carboxylic acids is 1. The van der Waals surface area contributed by atoms with Crippen molar-refractivity contribution >= 4 is 17.2 Å². The number of nitrogens with zero attached hydrogens (tertiary/aromatic N) is 4. The van der Waals surface area contributed by atoms with E-state index in [1.165, 1.54) is 12.1 Å². The Morgan fingerprint density at radius 3 is 2.85 bits per heavy atom. The lowest BCUT2D eigenvalue weighted by atomic mass is 10.2. The lowest BCUT2D eigenvalue weighted by molar-refractivity contribution is 0.206. The van der Waals surface area contributed by atoms with E-state index in [0.717, 1.165) is 11.1 Å². The number of imidazole rings is 1. The molecular formula is C19H20FN5O2. The van der Waals surface area contributed by atoms with Crippen LogP contribution in [-0.2, 0) is 13.6 Å². The molecule has 0 bridgehead atoms. The molecule has 1 saturated heterocycles. The third-order valence-electron chi connectivity index (χ3n) is 5.02. The zero-order valence-corrected chi connectivity index (χ0v) is 14.9. The molecule has 8 heteroatoms. The molecule has 0 saturated carbocycles. The standard InChI is InChI=1S/C19H20FN5O2/c1-23-16-3-2-9-21-17(16)25(19(23)27)15-8-10-24(12-15)18(26)22-11-13-4-6-14(20)7-5-13/h2-7,9,15H,8,10-12H2,1H3,(H,22,26)/t15-/m1/s1. The number of pyridine rings is 1. The molecule has 1 aliphatic heterocycles. The Kier molecular flexibility index (Phi) is 4.39. The SMILES string of the molecule is Cn1c(=O)n([C@@H]2CCN(C(=O)NCc3ccc(F)cc3)C2)c2ncccc21. The predicted octanol–water partition coefficient (Wildman–Crippen LogP) is 2.03. The predicted molar refractivity (Wildman–Crippen MR) is 98.8 cm³/mol. The van der Waals surface area contributed by atoms with E-state index in [1.807, 2.05) is 6.07 Å². The quantitative estimate of drug-likeness (QED) is 0.768. The van der Waals surface area contributed by atoms with Crippen molar-refractivity contribution in [1.82, 2.24) is 24.3 Å². The summed E-state index contributed by atoms with van der Waals surface area (Å²) < 4.78 is 16.2. The monoisotopic (exact) mass is 369 g/mol. The van der Waals surface area contributed by atoms with Gasteiger partial charge in [0.05, 0.1) is 11.6 Å². The van der Waals surface area contributed by atoms with Crippen molar-refractivity contribution < 1.29 is 9.18 Å². The number of rotatable bonds is 3. The lowest BCUT2D eigenvalue weighted by Gasteiger charge is -2.18. The van der Waals surface area contributed by atoms with Gasteiger partial charge in [-0.15, -0.1) is 0 Å². The molecule has 27 heavy (non-hydrogen) atoms. The largest absolute Gasteiger partial charge is 0.334 e. The van der Waals surface area contributed by atoms with Gasteiger partial charge in [0.15, 0.2) is 5.65 Å². The van der Waals surface area contributed by atoms with Gasteiger partial charge in [0.25, 0.3) is 0 Å². The molecule has 1 fully saturated rings. The number of aromatic nitrogens is 3. The van der Waals surface area contributed by atoms with Gasteiger partial charge in [-0.3, -0.25) is 9.13 Å². The summed E-state index contributed by atoms with van der Waals surface area (Å²) in [5, 5.41) is 2.85. The zero-order valence-electron chi connectivity index (χ0n) is 14.9. The molecule has 140 valence electrons. The number of hydrogen-bond donors (Lipinski definition) is 1. The van der Waals surface area contributed by atoms with Gasteiger partial charge in [0.1, 0.15) is 5.82 Å². The number of urea groups is 1.